The van der Waals surface area contributed by atoms with E-state index in [1.165, 1.54) is 12.8 Å². The van der Waals surface area contributed by atoms with Gasteiger partial charge in [-0.2, -0.15) is 0 Å². The predicted molar refractivity (Wildman–Crippen MR) is 116 cm³/mol. The number of fused-ring (bicyclic) bond motifs is 3. The fourth-order valence-corrected chi connectivity index (χ4v) is 3.18. The van der Waals surface area contributed by atoms with Crippen LogP contribution in [-0.2, 0) is 0 Å². The summed E-state index contributed by atoms with van der Waals surface area (Å²) in [5, 5.41) is 2.12. The molecule has 0 spiro atoms. The number of hydrogen-bond acceptors (Lipinski definition) is 4. The fraction of sp³-hybridized carbons (Fsp3) is 0.409. The molecular weight excluding hydrogens is 374 g/mol. The lowest BCUT2D eigenvalue weighted by molar-refractivity contribution is 0.268. The monoisotopic (exact) mass is 399 g/mol. The Balaban J connectivity index is 0.00000225. The van der Waals surface area contributed by atoms with Crippen LogP contribution in [-0.4, -0.2) is 49.2 Å². The normalized spacial score (nSPS) is 13.3. The smallest absolute Gasteiger partial charge is 0.163 e. The van der Waals surface area contributed by atoms with E-state index in [4.69, 9.17) is 9.47 Å². The van der Waals surface area contributed by atoms with Crippen LogP contribution in [0.1, 0.15) is 25.0 Å². The minimum absolute atomic E-state index is 0. The summed E-state index contributed by atoms with van der Waals surface area (Å²) >= 11 is 0. The molecule has 1 aromatic carbocycles. The lowest BCUT2D eigenvalue weighted by atomic mass is 10.1. The van der Waals surface area contributed by atoms with Crippen molar-refractivity contribution in [2.75, 3.05) is 34.4 Å². The number of pyridine rings is 1. The standard InChI is InChI=1S/C22H25N3O2.ClH/c1-25(2)11-4-12-27-21-14-19-16(13-20(21)26-3)22-17(8-7-15-5-6-15)23-10-9-18(22)24-19;/h9-10,13-15,24H,4-6,11-12H2,1-3H3;1H. The van der Waals surface area contributed by atoms with Crippen LogP contribution in [0.15, 0.2) is 24.4 Å². The van der Waals surface area contributed by atoms with Crippen molar-refractivity contribution in [3.05, 3.63) is 30.1 Å². The summed E-state index contributed by atoms with van der Waals surface area (Å²) in [4.78, 5) is 10.1. The fourth-order valence-electron chi connectivity index (χ4n) is 3.18. The van der Waals surface area contributed by atoms with E-state index in [0.29, 0.717) is 12.5 Å². The molecule has 148 valence electrons. The highest BCUT2D eigenvalue weighted by molar-refractivity contribution is 6.10. The number of nitrogens with zero attached hydrogens (tertiary/aromatic N) is 2. The highest BCUT2D eigenvalue weighted by atomic mass is 35.5. The maximum Gasteiger partial charge on any atom is 0.163 e. The van der Waals surface area contributed by atoms with Crippen LogP contribution in [0, 0.1) is 17.8 Å². The van der Waals surface area contributed by atoms with Gasteiger partial charge < -0.3 is 19.4 Å². The molecule has 5 nitrogen and oxygen atoms in total. The molecule has 0 saturated heterocycles. The van der Waals surface area contributed by atoms with E-state index in [1.807, 2.05) is 24.4 Å². The van der Waals surface area contributed by atoms with Gasteiger partial charge in [-0.3, -0.25) is 0 Å². The van der Waals surface area contributed by atoms with Gasteiger partial charge in [-0.05, 0) is 51.4 Å². The Kier molecular flexibility index (Phi) is 6.33. The number of rotatable bonds is 6. The second-order valence-electron chi connectivity index (χ2n) is 7.30. The Morgan fingerprint density at radius 3 is 2.75 bits per heavy atom. The molecule has 1 aliphatic carbocycles. The second kappa shape index (κ2) is 8.72. The summed E-state index contributed by atoms with van der Waals surface area (Å²) in [6, 6.07) is 6.03. The van der Waals surface area contributed by atoms with Crippen molar-refractivity contribution >= 4 is 34.2 Å². The van der Waals surface area contributed by atoms with E-state index in [1.54, 1.807) is 7.11 Å². The maximum atomic E-state index is 5.98. The third-order valence-electron chi connectivity index (χ3n) is 4.77. The topological polar surface area (TPSA) is 50.4 Å². The van der Waals surface area contributed by atoms with E-state index in [2.05, 4.69) is 40.8 Å². The van der Waals surface area contributed by atoms with Gasteiger partial charge in [0.15, 0.2) is 11.5 Å². The molecule has 6 heteroatoms. The maximum absolute atomic E-state index is 5.98. The van der Waals surface area contributed by atoms with Crippen molar-refractivity contribution in [2.45, 2.75) is 19.3 Å². The van der Waals surface area contributed by atoms with Gasteiger partial charge in [-0.15, -0.1) is 12.4 Å². The molecule has 28 heavy (non-hydrogen) atoms. The Bertz CT molecular complexity index is 1030. The molecule has 4 rings (SSSR count). The lowest BCUT2D eigenvalue weighted by Gasteiger charge is -2.13. The van der Waals surface area contributed by atoms with Crippen LogP contribution >= 0.6 is 12.4 Å². The van der Waals surface area contributed by atoms with Crippen LogP contribution in [0.25, 0.3) is 21.8 Å². The first-order chi connectivity index (χ1) is 13.2. The molecular formula is C22H26ClN3O2. The first-order valence-electron chi connectivity index (χ1n) is 9.43. The molecule has 1 N–H and O–H groups in total. The van der Waals surface area contributed by atoms with Gasteiger partial charge >= 0.3 is 0 Å². The number of methoxy groups -OCH3 is 1. The summed E-state index contributed by atoms with van der Waals surface area (Å²) in [5.41, 5.74) is 2.87. The number of aromatic nitrogens is 2. The molecule has 0 bridgehead atoms. The molecule has 1 saturated carbocycles. The molecule has 2 aromatic heterocycles. The highest BCUT2D eigenvalue weighted by Gasteiger charge is 2.18. The van der Waals surface area contributed by atoms with Crippen molar-refractivity contribution in [3.8, 4) is 23.3 Å². The molecule has 0 unspecified atom stereocenters. The zero-order valence-electron chi connectivity index (χ0n) is 16.5. The van der Waals surface area contributed by atoms with E-state index >= 15 is 0 Å². The Labute approximate surface area is 171 Å². The van der Waals surface area contributed by atoms with Gasteiger partial charge in [0.25, 0.3) is 0 Å². The summed E-state index contributed by atoms with van der Waals surface area (Å²) in [5.74, 6) is 8.63. The Morgan fingerprint density at radius 1 is 1.21 bits per heavy atom. The van der Waals surface area contributed by atoms with Gasteiger partial charge in [0.2, 0.25) is 0 Å². The van der Waals surface area contributed by atoms with Crippen molar-refractivity contribution in [1.82, 2.24) is 14.9 Å². The molecule has 2 heterocycles. The summed E-state index contributed by atoms with van der Waals surface area (Å²) in [6.07, 6.45) is 5.19. The van der Waals surface area contributed by atoms with Gasteiger partial charge in [0.05, 0.1) is 24.8 Å². The number of aromatic amines is 1. The zero-order chi connectivity index (χ0) is 18.8. The minimum Gasteiger partial charge on any atom is -0.493 e. The summed E-state index contributed by atoms with van der Waals surface area (Å²) in [7, 11) is 5.80. The molecule has 0 radical (unpaired) electrons. The van der Waals surface area contributed by atoms with Crippen molar-refractivity contribution in [3.63, 3.8) is 0 Å². The minimum atomic E-state index is 0. The number of H-pyrrole nitrogens is 1. The van der Waals surface area contributed by atoms with Gasteiger partial charge in [-0.25, -0.2) is 4.98 Å². The predicted octanol–water partition coefficient (Wildman–Crippen LogP) is 4.24. The lowest BCUT2D eigenvalue weighted by Crippen LogP contribution is -2.15. The zero-order valence-corrected chi connectivity index (χ0v) is 17.4. The van der Waals surface area contributed by atoms with Crippen molar-refractivity contribution in [1.29, 1.82) is 0 Å². The molecule has 0 amide bonds. The van der Waals surface area contributed by atoms with Crippen LogP contribution in [0.4, 0.5) is 0 Å². The van der Waals surface area contributed by atoms with Crippen LogP contribution in [0.2, 0.25) is 0 Å². The first-order valence-corrected chi connectivity index (χ1v) is 9.43. The highest BCUT2D eigenvalue weighted by Crippen LogP contribution is 2.37. The van der Waals surface area contributed by atoms with Crippen LogP contribution in [0.5, 0.6) is 11.5 Å². The Hall–Kier alpha value is -2.42. The number of halogens is 1. The van der Waals surface area contributed by atoms with Gasteiger partial charge in [0.1, 0.15) is 5.69 Å². The van der Waals surface area contributed by atoms with E-state index in [-0.39, 0.29) is 12.4 Å². The largest absolute Gasteiger partial charge is 0.493 e. The van der Waals surface area contributed by atoms with Crippen LogP contribution < -0.4 is 9.47 Å². The summed E-state index contributed by atoms with van der Waals surface area (Å²) < 4.78 is 11.6. The van der Waals surface area contributed by atoms with Crippen molar-refractivity contribution in [2.24, 2.45) is 5.92 Å². The molecule has 1 aliphatic rings. The Morgan fingerprint density at radius 2 is 2.04 bits per heavy atom. The molecule has 0 aliphatic heterocycles. The number of hydrogen-bond donors (Lipinski definition) is 1. The van der Waals surface area contributed by atoms with E-state index in [0.717, 1.165) is 52.0 Å². The van der Waals surface area contributed by atoms with Crippen molar-refractivity contribution < 1.29 is 9.47 Å². The average Bonchev–Trinajstić information content (AvgIpc) is 3.42. The molecule has 3 aromatic rings. The van der Waals surface area contributed by atoms with Crippen LogP contribution in [0.3, 0.4) is 0 Å². The number of nitrogens with one attached hydrogen (secondary N) is 1. The summed E-state index contributed by atoms with van der Waals surface area (Å²) in [6.45, 7) is 1.64. The number of ether oxygens (including phenoxy) is 2. The quantitative estimate of drug-likeness (QED) is 0.497. The first kappa shape index (κ1) is 20.3. The van der Waals surface area contributed by atoms with E-state index < -0.39 is 0 Å². The second-order valence-corrected chi connectivity index (χ2v) is 7.30. The SMILES string of the molecule is COc1cc2c(cc1OCCCN(C)C)[nH]c1ccnc(C#CC3CC3)c12.Cl. The van der Waals surface area contributed by atoms with E-state index in [9.17, 15) is 0 Å². The van der Waals surface area contributed by atoms with Gasteiger partial charge in [-0.1, -0.05) is 5.92 Å². The molecule has 0 atom stereocenters. The third kappa shape index (κ3) is 4.35. The third-order valence-corrected chi connectivity index (χ3v) is 4.77. The average molecular weight is 400 g/mol. The number of benzene rings is 1. The molecule has 1 fully saturated rings. The van der Waals surface area contributed by atoms with Gasteiger partial charge in [0, 0.05) is 35.5 Å².